The number of hydrogen-bond donors (Lipinski definition) is 1. The first-order valence-electron chi connectivity index (χ1n) is 11.6. The molecule has 0 fully saturated rings. The van der Waals surface area contributed by atoms with Gasteiger partial charge < -0.3 is 10.1 Å². The van der Waals surface area contributed by atoms with E-state index in [9.17, 15) is 4.79 Å². The maximum atomic E-state index is 12.5. The number of fused-ring (bicyclic) bond motifs is 3. The Kier molecular flexibility index (Phi) is 6.08. The summed E-state index contributed by atoms with van der Waals surface area (Å²) in [6, 6.07) is 20.2. The number of thioether (sulfide) groups is 1. The second-order valence-corrected chi connectivity index (χ2v) is 10.1. The van der Waals surface area contributed by atoms with E-state index in [4.69, 9.17) is 9.72 Å². The Balaban J connectivity index is 1.07. The number of thiazole rings is 1. The summed E-state index contributed by atoms with van der Waals surface area (Å²) in [4.78, 5) is 21.8. The minimum Gasteiger partial charge on any atom is -0.494 e. The van der Waals surface area contributed by atoms with Crippen molar-refractivity contribution in [2.24, 2.45) is 0 Å². The summed E-state index contributed by atoms with van der Waals surface area (Å²) in [5.74, 6) is 1.27. The lowest BCUT2D eigenvalue weighted by Crippen LogP contribution is -2.12. The molecule has 36 heavy (non-hydrogen) atoms. The van der Waals surface area contributed by atoms with Crippen LogP contribution in [-0.4, -0.2) is 38.4 Å². The van der Waals surface area contributed by atoms with Gasteiger partial charge >= 0.3 is 0 Å². The van der Waals surface area contributed by atoms with Crippen molar-refractivity contribution in [2.75, 3.05) is 17.7 Å². The van der Waals surface area contributed by atoms with Crippen LogP contribution in [0.5, 0.6) is 5.75 Å². The molecule has 178 valence electrons. The molecule has 2 heterocycles. The number of hydrogen-bond acceptors (Lipinski definition) is 8. The van der Waals surface area contributed by atoms with Crippen LogP contribution in [0.4, 0.5) is 5.13 Å². The van der Waals surface area contributed by atoms with Gasteiger partial charge in [0.15, 0.2) is 5.13 Å². The maximum absolute atomic E-state index is 12.5. The highest BCUT2D eigenvalue weighted by atomic mass is 32.2. The van der Waals surface area contributed by atoms with Gasteiger partial charge in [0.2, 0.25) is 11.1 Å². The summed E-state index contributed by atoms with van der Waals surface area (Å²) in [7, 11) is 0. The van der Waals surface area contributed by atoms with E-state index in [0.717, 1.165) is 39.5 Å². The van der Waals surface area contributed by atoms with Crippen LogP contribution >= 0.6 is 23.1 Å². The zero-order chi connectivity index (χ0) is 24.5. The van der Waals surface area contributed by atoms with Crippen molar-refractivity contribution in [3.8, 4) is 39.5 Å². The molecule has 2 aromatic heterocycles. The van der Waals surface area contributed by atoms with E-state index < -0.39 is 0 Å². The van der Waals surface area contributed by atoms with E-state index in [1.807, 2.05) is 48.7 Å². The van der Waals surface area contributed by atoms with Crippen molar-refractivity contribution in [1.29, 1.82) is 0 Å². The van der Waals surface area contributed by atoms with Gasteiger partial charge in [-0.2, -0.15) is 0 Å². The molecule has 9 heteroatoms. The zero-order valence-corrected chi connectivity index (χ0v) is 21.0. The van der Waals surface area contributed by atoms with Gasteiger partial charge in [0.25, 0.3) is 0 Å². The summed E-state index contributed by atoms with van der Waals surface area (Å²) < 4.78 is 5.48. The van der Waals surface area contributed by atoms with E-state index in [1.54, 1.807) is 0 Å². The summed E-state index contributed by atoms with van der Waals surface area (Å²) in [5, 5.41) is 17.1. The fourth-order valence-electron chi connectivity index (χ4n) is 4.25. The van der Waals surface area contributed by atoms with Crippen molar-refractivity contribution in [1.82, 2.24) is 20.2 Å². The Bertz CT molecular complexity index is 1580. The van der Waals surface area contributed by atoms with Gasteiger partial charge in [0.1, 0.15) is 17.1 Å². The number of benzene rings is 3. The lowest BCUT2D eigenvalue weighted by Gasteiger charge is -2.04. The number of nitrogens with one attached hydrogen (secondary N) is 1. The number of ether oxygens (including phenoxy) is 1. The molecular formula is C27H21N5O2S2. The van der Waals surface area contributed by atoms with Crippen molar-refractivity contribution in [2.45, 2.75) is 18.5 Å². The third-order valence-electron chi connectivity index (χ3n) is 5.85. The molecule has 6 rings (SSSR count). The van der Waals surface area contributed by atoms with Gasteiger partial charge in [0, 0.05) is 39.6 Å². The van der Waals surface area contributed by atoms with Gasteiger partial charge in [-0.15, -0.1) is 21.5 Å². The Hall–Kier alpha value is -3.82. The van der Waals surface area contributed by atoms with E-state index in [1.165, 1.54) is 33.9 Å². The van der Waals surface area contributed by atoms with Crippen LogP contribution < -0.4 is 10.1 Å². The number of carbonyl (C=O) groups is 1. The van der Waals surface area contributed by atoms with Crippen LogP contribution in [0.25, 0.3) is 44.5 Å². The number of aromatic nitrogens is 4. The summed E-state index contributed by atoms with van der Waals surface area (Å²) in [5.41, 5.74) is 5.62. The van der Waals surface area contributed by atoms with Gasteiger partial charge in [-0.1, -0.05) is 48.2 Å². The highest BCUT2D eigenvalue weighted by molar-refractivity contribution is 7.99. The molecule has 0 saturated carbocycles. The van der Waals surface area contributed by atoms with Gasteiger partial charge in [-0.3, -0.25) is 4.79 Å². The van der Waals surface area contributed by atoms with Crippen LogP contribution in [0.2, 0.25) is 0 Å². The molecule has 0 bridgehead atoms. The molecule has 0 atom stereocenters. The second kappa shape index (κ2) is 9.67. The van der Waals surface area contributed by atoms with E-state index in [-0.39, 0.29) is 5.91 Å². The first-order chi connectivity index (χ1) is 17.7. The number of rotatable bonds is 8. The highest BCUT2D eigenvalue weighted by Gasteiger charge is 2.24. The molecule has 5 aromatic rings. The predicted molar refractivity (Wildman–Crippen MR) is 144 cm³/mol. The fraction of sp³-hybridized carbons (Fsp3) is 0.148. The van der Waals surface area contributed by atoms with E-state index in [0.29, 0.717) is 29.1 Å². The SMILES string of the molecule is CCOc1ccc(-c2csc(NC(=O)CCSc3nnc4c(n3)-c3cccc5cccc-4c35)n2)cc1. The first kappa shape index (κ1) is 22.6. The predicted octanol–water partition coefficient (Wildman–Crippen LogP) is 6.32. The van der Waals surface area contributed by atoms with Crippen LogP contribution in [0, 0.1) is 0 Å². The maximum Gasteiger partial charge on any atom is 0.226 e. The average molecular weight is 512 g/mol. The molecular weight excluding hydrogens is 490 g/mol. The summed E-state index contributed by atoms with van der Waals surface area (Å²) >= 11 is 2.83. The molecule has 0 aliphatic heterocycles. The molecule has 7 nitrogen and oxygen atoms in total. The highest BCUT2D eigenvalue weighted by Crippen LogP contribution is 2.44. The first-order valence-corrected chi connectivity index (χ1v) is 13.4. The Morgan fingerprint density at radius 2 is 1.75 bits per heavy atom. The van der Waals surface area contributed by atoms with Crippen LogP contribution in [0.3, 0.4) is 0 Å². The van der Waals surface area contributed by atoms with E-state index >= 15 is 0 Å². The van der Waals surface area contributed by atoms with Gasteiger partial charge in [-0.05, 0) is 36.6 Å². The van der Waals surface area contributed by atoms with Crippen molar-refractivity contribution in [3.63, 3.8) is 0 Å². The molecule has 1 aliphatic carbocycles. The molecule has 0 radical (unpaired) electrons. The molecule has 1 amide bonds. The minimum atomic E-state index is -0.0959. The average Bonchev–Trinajstić information content (AvgIpc) is 3.49. The molecule has 1 N–H and O–H groups in total. The molecule has 0 spiro atoms. The number of nitrogens with zero attached hydrogens (tertiary/aromatic N) is 4. The Labute approximate surface area is 216 Å². The Morgan fingerprint density at radius 3 is 2.53 bits per heavy atom. The monoisotopic (exact) mass is 511 g/mol. The van der Waals surface area contributed by atoms with Crippen LogP contribution in [-0.2, 0) is 4.79 Å². The van der Waals surface area contributed by atoms with Crippen molar-refractivity contribution < 1.29 is 9.53 Å². The standard InChI is InChI=1S/C27H21N5O2S2/c1-2-34-18-11-9-16(10-12-18)21-15-36-26(28-21)29-22(33)13-14-35-27-30-24-19-7-3-5-17-6-4-8-20(23(17)19)25(24)31-32-27/h3-12,15H,2,13-14H2,1H3,(H,28,29,33). The zero-order valence-electron chi connectivity index (χ0n) is 19.4. The molecule has 1 aliphatic rings. The molecule has 0 unspecified atom stereocenters. The second-order valence-electron chi connectivity index (χ2n) is 8.14. The minimum absolute atomic E-state index is 0.0959. The van der Waals surface area contributed by atoms with Crippen molar-refractivity contribution in [3.05, 3.63) is 66.0 Å². The van der Waals surface area contributed by atoms with E-state index in [2.05, 4.69) is 44.8 Å². The summed E-state index contributed by atoms with van der Waals surface area (Å²) in [6.45, 7) is 2.58. The van der Waals surface area contributed by atoms with Gasteiger partial charge in [0.05, 0.1) is 12.3 Å². The smallest absolute Gasteiger partial charge is 0.226 e. The topological polar surface area (TPSA) is 89.9 Å². The van der Waals surface area contributed by atoms with Crippen LogP contribution in [0.15, 0.2) is 71.2 Å². The largest absolute Gasteiger partial charge is 0.494 e. The van der Waals surface area contributed by atoms with Crippen molar-refractivity contribution >= 4 is 44.9 Å². The van der Waals surface area contributed by atoms with Gasteiger partial charge in [-0.25, -0.2) is 9.97 Å². The van der Waals surface area contributed by atoms with Crippen LogP contribution in [0.1, 0.15) is 13.3 Å². The lowest BCUT2D eigenvalue weighted by atomic mass is 10.0. The number of anilines is 1. The fourth-order valence-corrected chi connectivity index (χ4v) is 5.71. The number of carbonyl (C=O) groups excluding carboxylic acids is 1. The lowest BCUT2D eigenvalue weighted by molar-refractivity contribution is -0.115. The third kappa shape index (κ3) is 4.31. The normalized spacial score (nSPS) is 11.5. The quantitative estimate of drug-likeness (QED) is 0.239. The molecule has 3 aromatic carbocycles. The summed E-state index contributed by atoms with van der Waals surface area (Å²) in [6.07, 6.45) is 0.318. The third-order valence-corrected chi connectivity index (χ3v) is 7.45. The Morgan fingerprint density at radius 1 is 0.972 bits per heavy atom. The number of amides is 1. The molecule has 0 saturated heterocycles.